The van der Waals surface area contributed by atoms with Crippen LogP contribution in [0.3, 0.4) is 0 Å². The number of ether oxygens (including phenoxy) is 1. The Morgan fingerprint density at radius 3 is 2.74 bits per heavy atom. The molecule has 128 valence electrons. The van der Waals surface area contributed by atoms with Crippen molar-refractivity contribution in [2.24, 2.45) is 0 Å². The molecule has 1 aliphatic rings. The standard InChI is InChI=1S/C19H30N2O2/c1-15(14-19(2,3)16-8-5-4-6-9-16)21-18(22)20-12-11-17-10-7-13-23-17/h4-6,8-9,15,17H,7,10-14H2,1-3H3,(H2,20,21,22). The lowest BCUT2D eigenvalue weighted by atomic mass is 9.79. The number of hydrogen-bond donors (Lipinski definition) is 2. The molecule has 1 aliphatic heterocycles. The summed E-state index contributed by atoms with van der Waals surface area (Å²) in [7, 11) is 0. The number of hydrogen-bond acceptors (Lipinski definition) is 2. The summed E-state index contributed by atoms with van der Waals surface area (Å²) in [6, 6.07) is 10.5. The van der Waals surface area contributed by atoms with Crippen molar-refractivity contribution in [3.63, 3.8) is 0 Å². The molecule has 0 spiro atoms. The van der Waals surface area contributed by atoms with Gasteiger partial charge < -0.3 is 15.4 Å². The first-order valence-corrected chi connectivity index (χ1v) is 8.69. The molecule has 2 unspecified atom stereocenters. The van der Waals surface area contributed by atoms with E-state index in [1.807, 2.05) is 6.07 Å². The van der Waals surface area contributed by atoms with Crippen LogP contribution in [0.4, 0.5) is 4.79 Å². The highest BCUT2D eigenvalue weighted by molar-refractivity contribution is 5.74. The molecule has 2 rings (SSSR count). The van der Waals surface area contributed by atoms with Crippen molar-refractivity contribution in [1.29, 1.82) is 0 Å². The van der Waals surface area contributed by atoms with Crippen molar-refractivity contribution in [1.82, 2.24) is 10.6 Å². The lowest BCUT2D eigenvalue weighted by Gasteiger charge is -2.29. The molecule has 4 heteroatoms. The Morgan fingerprint density at radius 2 is 2.09 bits per heavy atom. The number of urea groups is 1. The van der Waals surface area contributed by atoms with Gasteiger partial charge in [0.05, 0.1) is 6.10 Å². The minimum atomic E-state index is -0.0839. The quantitative estimate of drug-likeness (QED) is 0.807. The second-order valence-electron chi connectivity index (χ2n) is 7.18. The minimum Gasteiger partial charge on any atom is -0.378 e. The monoisotopic (exact) mass is 318 g/mol. The fourth-order valence-corrected chi connectivity index (χ4v) is 3.32. The van der Waals surface area contributed by atoms with Crippen LogP contribution < -0.4 is 10.6 Å². The summed E-state index contributed by atoms with van der Waals surface area (Å²) < 4.78 is 5.56. The molecule has 0 bridgehead atoms. The van der Waals surface area contributed by atoms with Crippen molar-refractivity contribution < 1.29 is 9.53 Å². The minimum absolute atomic E-state index is 0.0334. The highest BCUT2D eigenvalue weighted by atomic mass is 16.5. The molecule has 1 aromatic carbocycles. The smallest absolute Gasteiger partial charge is 0.314 e. The Balaban J connectivity index is 1.70. The van der Waals surface area contributed by atoms with E-state index in [0.29, 0.717) is 12.6 Å². The third kappa shape index (κ3) is 5.87. The van der Waals surface area contributed by atoms with Crippen molar-refractivity contribution in [3.05, 3.63) is 35.9 Å². The van der Waals surface area contributed by atoms with Crippen LogP contribution in [0, 0.1) is 0 Å². The molecule has 23 heavy (non-hydrogen) atoms. The summed E-state index contributed by atoms with van der Waals surface area (Å²) in [6.07, 6.45) is 4.38. The first kappa shape index (κ1) is 17.8. The lowest BCUT2D eigenvalue weighted by Crippen LogP contribution is -2.43. The van der Waals surface area contributed by atoms with E-state index in [0.717, 1.165) is 32.3 Å². The maximum absolute atomic E-state index is 12.0. The van der Waals surface area contributed by atoms with E-state index in [4.69, 9.17) is 4.74 Å². The second kappa shape index (κ2) is 8.34. The molecule has 0 aromatic heterocycles. The number of carbonyl (C=O) groups excluding carboxylic acids is 1. The van der Waals surface area contributed by atoms with Gasteiger partial charge in [0.1, 0.15) is 0 Å². The van der Waals surface area contributed by atoms with Crippen LogP contribution in [0.15, 0.2) is 30.3 Å². The predicted molar refractivity (Wildman–Crippen MR) is 93.7 cm³/mol. The molecule has 1 saturated heterocycles. The topological polar surface area (TPSA) is 50.4 Å². The van der Waals surface area contributed by atoms with E-state index in [9.17, 15) is 4.79 Å². The van der Waals surface area contributed by atoms with Gasteiger partial charge in [-0.25, -0.2) is 4.79 Å². The summed E-state index contributed by atoms with van der Waals surface area (Å²) in [5, 5.41) is 5.98. The third-order valence-corrected chi connectivity index (χ3v) is 4.53. The van der Waals surface area contributed by atoms with Gasteiger partial charge >= 0.3 is 6.03 Å². The molecule has 1 fully saturated rings. The summed E-state index contributed by atoms with van der Waals surface area (Å²) >= 11 is 0. The van der Waals surface area contributed by atoms with E-state index in [1.165, 1.54) is 5.56 Å². The molecule has 4 nitrogen and oxygen atoms in total. The fourth-order valence-electron chi connectivity index (χ4n) is 3.32. The number of nitrogens with one attached hydrogen (secondary N) is 2. The maximum Gasteiger partial charge on any atom is 0.314 e. The number of rotatable bonds is 7. The predicted octanol–water partition coefficient (Wildman–Crippen LogP) is 3.61. The molecule has 1 heterocycles. The van der Waals surface area contributed by atoms with Gasteiger partial charge in [0, 0.05) is 19.2 Å². The van der Waals surface area contributed by atoms with Crippen LogP contribution in [0.2, 0.25) is 0 Å². The number of amides is 2. The zero-order valence-electron chi connectivity index (χ0n) is 14.6. The van der Waals surface area contributed by atoms with Gasteiger partial charge in [-0.3, -0.25) is 0 Å². The highest BCUT2D eigenvalue weighted by Crippen LogP contribution is 2.28. The second-order valence-corrected chi connectivity index (χ2v) is 7.18. The number of benzene rings is 1. The van der Waals surface area contributed by atoms with Crippen molar-refractivity contribution >= 4 is 6.03 Å². The van der Waals surface area contributed by atoms with E-state index < -0.39 is 0 Å². The maximum atomic E-state index is 12.0. The Kier molecular flexibility index (Phi) is 6.46. The van der Waals surface area contributed by atoms with Crippen molar-refractivity contribution in [2.45, 2.75) is 64.0 Å². The fraction of sp³-hybridized carbons (Fsp3) is 0.632. The van der Waals surface area contributed by atoms with Crippen LogP contribution in [0.25, 0.3) is 0 Å². The van der Waals surface area contributed by atoms with E-state index in [2.05, 4.69) is 55.7 Å². The first-order chi connectivity index (χ1) is 11.0. The molecule has 2 N–H and O–H groups in total. The molecule has 0 aliphatic carbocycles. The Morgan fingerprint density at radius 1 is 1.35 bits per heavy atom. The summed E-state index contributed by atoms with van der Waals surface area (Å²) in [5.41, 5.74) is 1.33. The van der Waals surface area contributed by atoms with Gasteiger partial charge in [-0.05, 0) is 43.6 Å². The Labute approximate surface area is 140 Å². The average Bonchev–Trinajstić information content (AvgIpc) is 3.00. The number of carbonyl (C=O) groups is 1. The lowest BCUT2D eigenvalue weighted by molar-refractivity contribution is 0.104. The molecule has 1 aromatic rings. The van der Waals surface area contributed by atoms with E-state index >= 15 is 0 Å². The summed E-state index contributed by atoms with van der Waals surface area (Å²) in [6.45, 7) is 8.03. The molecule has 2 atom stereocenters. The van der Waals surface area contributed by atoms with Gasteiger partial charge in [0.15, 0.2) is 0 Å². The zero-order valence-corrected chi connectivity index (χ0v) is 14.6. The van der Waals surface area contributed by atoms with Crippen LogP contribution in [-0.4, -0.2) is 31.3 Å². The van der Waals surface area contributed by atoms with Crippen molar-refractivity contribution in [3.8, 4) is 0 Å². The van der Waals surface area contributed by atoms with E-state index in [-0.39, 0.29) is 17.5 Å². The Hall–Kier alpha value is -1.55. The first-order valence-electron chi connectivity index (χ1n) is 8.69. The van der Waals surface area contributed by atoms with Crippen LogP contribution >= 0.6 is 0 Å². The highest BCUT2D eigenvalue weighted by Gasteiger charge is 2.24. The Bertz CT molecular complexity index is 481. The molecule has 0 radical (unpaired) electrons. The van der Waals surface area contributed by atoms with Gasteiger partial charge in [-0.15, -0.1) is 0 Å². The van der Waals surface area contributed by atoms with Gasteiger partial charge in [-0.2, -0.15) is 0 Å². The third-order valence-electron chi connectivity index (χ3n) is 4.53. The van der Waals surface area contributed by atoms with Gasteiger partial charge in [0.2, 0.25) is 0 Å². The molecule has 2 amide bonds. The van der Waals surface area contributed by atoms with Crippen LogP contribution in [0.1, 0.15) is 52.0 Å². The molecular formula is C19H30N2O2. The van der Waals surface area contributed by atoms with Gasteiger partial charge in [-0.1, -0.05) is 44.2 Å². The van der Waals surface area contributed by atoms with E-state index in [1.54, 1.807) is 0 Å². The van der Waals surface area contributed by atoms with Crippen LogP contribution in [0.5, 0.6) is 0 Å². The average molecular weight is 318 g/mol. The molecule has 0 saturated carbocycles. The van der Waals surface area contributed by atoms with Gasteiger partial charge in [0.25, 0.3) is 0 Å². The van der Waals surface area contributed by atoms with Crippen LogP contribution in [-0.2, 0) is 10.2 Å². The van der Waals surface area contributed by atoms with Crippen molar-refractivity contribution in [2.75, 3.05) is 13.2 Å². The molecular weight excluding hydrogens is 288 g/mol. The zero-order chi connectivity index (χ0) is 16.7. The normalized spacial score (nSPS) is 19.3. The SMILES string of the molecule is CC(CC(C)(C)c1ccccc1)NC(=O)NCCC1CCCO1. The summed E-state index contributed by atoms with van der Waals surface area (Å²) in [5.74, 6) is 0. The largest absolute Gasteiger partial charge is 0.378 e. The summed E-state index contributed by atoms with van der Waals surface area (Å²) in [4.78, 5) is 12.0.